The highest BCUT2D eigenvalue weighted by Crippen LogP contribution is 2.37. The molecule has 2 heterocycles. The van der Waals surface area contributed by atoms with Gasteiger partial charge in [0.15, 0.2) is 5.76 Å². The van der Waals surface area contributed by atoms with Crippen molar-refractivity contribution in [2.24, 2.45) is 5.92 Å². The summed E-state index contributed by atoms with van der Waals surface area (Å²) in [6.45, 7) is 2.53. The first-order chi connectivity index (χ1) is 14.3. The second kappa shape index (κ2) is 10.3. The minimum atomic E-state index is -3.12. The lowest BCUT2D eigenvalue weighted by molar-refractivity contribution is -0.00708. The molecule has 0 aliphatic carbocycles. The molecule has 0 radical (unpaired) electrons. The highest BCUT2D eigenvalue weighted by atomic mass is 32.2. The van der Waals surface area contributed by atoms with Crippen molar-refractivity contribution in [1.82, 2.24) is 4.90 Å². The zero-order valence-electron chi connectivity index (χ0n) is 16.4. The molecule has 0 saturated carbocycles. The summed E-state index contributed by atoms with van der Waals surface area (Å²) >= 11 is 1.14. The molecule has 1 unspecified atom stereocenters. The molecule has 2 aliphatic heterocycles. The third-order valence-electron chi connectivity index (χ3n) is 4.94. The van der Waals surface area contributed by atoms with E-state index in [1.54, 1.807) is 12.2 Å². The number of alkyl halides is 2. The van der Waals surface area contributed by atoms with Crippen molar-refractivity contribution < 1.29 is 32.5 Å². The molecule has 5 nitrogen and oxygen atoms in total. The lowest BCUT2D eigenvalue weighted by atomic mass is 10.0. The molecule has 0 aromatic heterocycles. The van der Waals surface area contributed by atoms with Crippen LogP contribution in [0.25, 0.3) is 0 Å². The number of carbonyl (C=O) groups is 1. The number of benzene rings is 1. The van der Waals surface area contributed by atoms with E-state index in [1.807, 2.05) is 4.90 Å². The number of carboxylic acid groups (broad SMARTS) is 1. The predicted octanol–water partition coefficient (Wildman–Crippen LogP) is 5.20. The molecule has 3 rings (SSSR count). The van der Waals surface area contributed by atoms with E-state index in [9.17, 15) is 18.0 Å². The lowest BCUT2D eigenvalue weighted by Crippen LogP contribution is -2.34. The van der Waals surface area contributed by atoms with Gasteiger partial charge in [0.25, 0.3) is 5.92 Å². The summed E-state index contributed by atoms with van der Waals surface area (Å²) in [5.41, 5.74) is -0.250. The molecule has 0 spiro atoms. The number of hydrogen-bond acceptors (Lipinski definition) is 5. The summed E-state index contributed by atoms with van der Waals surface area (Å²) in [6, 6.07) is 4.18. The summed E-state index contributed by atoms with van der Waals surface area (Å²) in [6.07, 6.45) is 3.38. The van der Waals surface area contributed by atoms with E-state index in [-0.39, 0.29) is 23.0 Å². The molecule has 1 aromatic rings. The average Bonchev–Trinajstić information content (AvgIpc) is 2.70. The second-order valence-electron chi connectivity index (χ2n) is 7.24. The van der Waals surface area contributed by atoms with Gasteiger partial charge in [-0.15, -0.1) is 11.8 Å². The number of ether oxygens (including phenoxy) is 2. The van der Waals surface area contributed by atoms with E-state index >= 15 is 0 Å². The van der Waals surface area contributed by atoms with Gasteiger partial charge in [0.1, 0.15) is 10.8 Å². The molecule has 1 N–H and O–H groups in total. The Kier molecular flexibility index (Phi) is 7.71. The molecule has 0 amide bonds. The summed E-state index contributed by atoms with van der Waals surface area (Å²) < 4.78 is 52.4. The Bertz CT molecular complexity index is 792. The lowest BCUT2D eigenvalue weighted by Gasteiger charge is -2.34. The number of hydrogen-bond donors (Lipinski definition) is 1. The fourth-order valence-electron chi connectivity index (χ4n) is 3.47. The molecule has 30 heavy (non-hydrogen) atoms. The molecule has 1 aromatic carbocycles. The molecule has 2 aliphatic rings. The minimum absolute atomic E-state index is 0.0394. The normalized spacial score (nSPS) is 19.8. The van der Waals surface area contributed by atoms with Crippen LogP contribution in [0.2, 0.25) is 0 Å². The Morgan fingerprint density at radius 1 is 1.33 bits per heavy atom. The Labute approximate surface area is 177 Å². The number of nitrogens with zero attached hydrogens (tertiary/aromatic N) is 1. The summed E-state index contributed by atoms with van der Waals surface area (Å²) in [5.74, 6) is -3.23. The Balaban J connectivity index is 1.68. The minimum Gasteiger partial charge on any atom is -0.449 e. The van der Waals surface area contributed by atoms with Crippen LogP contribution in [0.5, 0.6) is 0 Å². The van der Waals surface area contributed by atoms with Gasteiger partial charge in [-0.05, 0) is 37.0 Å². The van der Waals surface area contributed by atoms with Gasteiger partial charge in [0, 0.05) is 37.4 Å². The first-order valence-electron chi connectivity index (χ1n) is 9.76. The zero-order valence-corrected chi connectivity index (χ0v) is 17.2. The van der Waals surface area contributed by atoms with Gasteiger partial charge in [0.2, 0.25) is 0 Å². The van der Waals surface area contributed by atoms with Crippen molar-refractivity contribution in [3.05, 3.63) is 58.6 Å². The Hall–Kier alpha value is -2.13. The smallest absolute Gasteiger partial charge is 0.449 e. The molecule has 1 fully saturated rings. The topological polar surface area (TPSA) is 59.0 Å². The third kappa shape index (κ3) is 6.18. The van der Waals surface area contributed by atoms with Crippen molar-refractivity contribution >= 4 is 17.9 Å². The van der Waals surface area contributed by atoms with Crippen molar-refractivity contribution in [3.63, 3.8) is 0 Å². The van der Waals surface area contributed by atoms with Gasteiger partial charge >= 0.3 is 6.16 Å². The van der Waals surface area contributed by atoms with Crippen LogP contribution in [-0.2, 0) is 15.4 Å². The molecule has 9 heteroatoms. The summed E-state index contributed by atoms with van der Waals surface area (Å²) in [5, 5.41) is 9.56. The molecule has 1 atom stereocenters. The van der Waals surface area contributed by atoms with Crippen LogP contribution >= 0.6 is 11.8 Å². The maximum atomic E-state index is 14.5. The molecule has 164 valence electrons. The van der Waals surface area contributed by atoms with Crippen LogP contribution in [0, 0.1) is 11.7 Å². The Morgan fingerprint density at radius 3 is 2.77 bits per heavy atom. The summed E-state index contributed by atoms with van der Waals surface area (Å²) in [4.78, 5) is 13.0. The highest BCUT2D eigenvalue weighted by Gasteiger charge is 2.32. The van der Waals surface area contributed by atoms with Gasteiger partial charge in [-0.2, -0.15) is 0 Å². The van der Waals surface area contributed by atoms with Crippen LogP contribution < -0.4 is 0 Å². The molecule has 0 bridgehead atoms. The SMILES string of the molecule is O=C(O)OC1=C(SCCC(F)(F)c2ccc(F)cc2)N(CC2CCCOC2)CC=C1. The van der Waals surface area contributed by atoms with Crippen molar-refractivity contribution in [3.8, 4) is 0 Å². The van der Waals surface area contributed by atoms with Gasteiger partial charge in [-0.3, -0.25) is 0 Å². The van der Waals surface area contributed by atoms with E-state index in [1.165, 1.54) is 0 Å². The van der Waals surface area contributed by atoms with Crippen LogP contribution in [0.3, 0.4) is 0 Å². The van der Waals surface area contributed by atoms with E-state index in [0.717, 1.165) is 55.5 Å². The monoisotopic (exact) mass is 443 g/mol. The fraction of sp³-hybridized carbons (Fsp3) is 0.476. The predicted molar refractivity (Wildman–Crippen MR) is 108 cm³/mol. The van der Waals surface area contributed by atoms with Gasteiger partial charge in [0.05, 0.1) is 6.61 Å². The Morgan fingerprint density at radius 2 is 2.10 bits per heavy atom. The third-order valence-corrected chi connectivity index (χ3v) is 6.09. The van der Waals surface area contributed by atoms with Crippen LogP contribution in [0.4, 0.5) is 18.0 Å². The van der Waals surface area contributed by atoms with Gasteiger partial charge in [-0.25, -0.2) is 18.0 Å². The molecular formula is C21H24F3NO4S. The van der Waals surface area contributed by atoms with Crippen LogP contribution in [-0.4, -0.2) is 48.2 Å². The maximum absolute atomic E-state index is 14.5. The first-order valence-corrected chi connectivity index (χ1v) is 10.7. The van der Waals surface area contributed by atoms with Crippen molar-refractivity contribution in [1.29, 1.82) is 0 Å². The number of allylic oxidation sites excluding steroid dienone is 1. The first kappa shape index (κ1) is 22.6. The molecule has 1 saturated heterocycles. The second-order valence-corrected chi connectivity index (χ2v) is 8.32. The highest BCUT2D eigenvalue weighted by molar-refractivity contribution is 8.03. The fourth-order valence-corrected chi connectivity index (χ4v) is 4.60. The van der Waals surface area contributed by atoms with Gasteiger partial charge in [-0.1, -0.05) is 18.2 Å². The summed E-state index contributed by atoms with van der Waals surface area (Å²) in [7, 11) is 0. The van der Waals surface area contributed by atoms with Crippen LogP contribution in [0.15, 0.2) is 47.2 Å². The number of halogens is 3. The van der Waals surface area contributed by atoms with Crippen molar-refractivity contribution in [2.45, 2.75) is 25.2 Å². The quantitative estimate of drug-likeness (QED) is 0.557. The van der Waals surface area contributed by atoms with E-state index in [4.69, 9.17) is 14.6 Å². The van der Waals surface area contributed by atoms with Crippen LogP contribution in [0.1, 0.15) is 24.8 Å². The van der Waals surface area contributed by atoms with E-state index in [0.29, 0.717) is 24.7 Å². The maximum Gasteiger partial charge on any atom is 0.511 e. The number of thioether (sulfide) groups is 1. The van der Waals surface area contributed by atoms with Crippen molar-refractivity contribution in [2.75, 3.05) is 32.1 Å². The van der Waals surface area contributed by atoms with Gasteiger partial charge < -0.3 is 19.5 Å². The molecular weight excluding hydrogens is 419 g/mol. The average molecular weight is 443 g/mol. The zero-order chi connectivity index (χ0) is 21.6. The number of rotatable bonds is 8. The van der Waals surface area contributed by atoms with E-state index in [2.05, 4.69) is 0 Å². The largest absolute Gasteiger partial charge is 0.511 e. The standard InChI is InChI=1S/C21H24F3NO4S/c22-17-7-5-16(6-8-17)21(23,24)9-12-30-19-18(29-20(26)27)4-1-10-25(19)13-15-3-2-11-28-14-15/h1,4-8,15H,2-3,9-14H2,(H,26,27). The van der Waals surface area contributed by atoms with E-state index < -0.39 is 24.3 Å².